The lowest BCUT2D eigenvalue weighted by molar-refractivity contribution is 0.0696. The van der Waals surface area contributed by atoms with Gasteiger partial charge < -0.3 is 20.2 Å². The number of aromatic carboxylic acids is 1. The summed E-state index contributed by atoms with van der Waals surface area (Å²) >= 11 is 0. The minimum absolute atomic E-state index is 0.0670. The van der Waals surface area contributed by atoms with Crippen molar-refractivity contribution < 1.29 is 28.4 Å². The second kappa shape index (κ2) is 9.74. The molecule has 14 nitrogen and oxygen atoms in total. The minimum atomic E-state index is -1.08. The number of carboxylic acids is 1. The van der Waals surface area contributed by atoms with Crippen molar-refractivity contribution in [1.29, 1.82) is 0 Å². The lowest BCUT2D eigenvalue weighted by Gasteiger charge is -2.15. The summed E-state index contributed by atoms with van der Waals surface area (Å²) in [6, 6.07) is 11.5. The Morgan fingerprint density at radius 1 is 1.03 bits per heavy atom. The van der Waals surface area contributed by atoms with Crippen molar-refractivity contribution in [2.24, 2.45) is 7.05 Å². The molecule has 0 bridgehead atoms. The number of fused-ring (bicyclic) bond motifs is 2. The molecule has 2 amide bonds. The number of hydrogen-bond acceptors (Lipinski definition) is 9. The largest absolute Gasteiger partial charge is 0.478 e. The number of aromatic nitrogens is 4. The Kier molecular flexibility index (Phi) is 6.27. The number of rotatable bonds is 7. The van der Waals surface area contributed by atoms with E-state index in [2.05, 4.69) is 25.3 Å². The summed E-state index contributed by atoms with van der Waals surface area (Å²) in [7, 11) is 1.56. The highest BCUT2D eigenvalue weighted by atomic mass is 16.5. The Labute approximate surface area is 217 Å². The topological polar surface area (TPSA) is 191 Å². The predicted octanol–water partition coefficient (Wildman–Crippen LogP) is 1.25. The van der Waals surface area contributed by atoms with Crippen molar-refractivity contribution >= 4 is 34.7 Å². The fourth-order valence-corrected chi connectivity index (χ4v) is 3.96. The normalized spacial score (nSPS) is 11.9. The van der Waals surface area contributed by atoms with Crippen molar-refractivity contribution in [3.63, 3.8) is 0 Å². The van der Waals surface area contributed by atoms with Crippen molar-refractivity contribution in [3.8, 4) is 0 Å². The standard InChI is InChI=1S/C25H20N6O8/c1-12(14-4-6-15(7-5-14)22(34)35)27-21(33)18-10-16(28-23-29-39-25(37)31(18)23)20(32)26-11-13-3-8-19-17(9-13)30(2)24(36)38-19/h3-10,12H,11H2,1-2H3,(H,26,32)(H,27,33)(H,34,35)/t12-/m0/s1. The van der Waals surface area contributed by atoms with E-state index in [1.165, 1.54) is 16.7 Å². The summed E-state index contributed by atoms with van der Waals surface area (Å²) in [5.74, 6) is -4.21. The van der Waals surface area contributed by atoms with Gasteiger partial charge in [-0.05, 0) is 53.5 Å². The van der Waals surface area contributed by atoms with E-state index in [4.69, 9.17) is 9.52 Å². The van der Waals surface area contributed by atoms with Gasteiger partial charge in [0.2, 0.25) is 0 Å². The second-order valence-corrected chi connectivity index (χ2v) is 8.64. The third-order valence-corrected chi connectivity index (χ3v) is 6.10. The lowest BCUT2D eigenvalue weighted by Crippen LogP contribution is -2.32. The van der Waals surface area contributed by atoms with E-state index in [-0.39, 0.29) is 29.3 Å². The quantitative estimate of drug-likeness (QED) is 0.275. The first-order valence-corrected chi connectivity index (χ1v) is 11.5. The molecule has 0 radical (unpaired) electrons. The molecule has 39 heavy (non-hydrogen) atoms. The third-order valence-electron chi connectivity index (χ3n) is 6.10. The average molecular weight is 532 g/mol. The lowest BCUT2D eigenvalue weighted by atomic mass is 10.1. The zero-order valence-corrected chi connectivity index (χ0v) is 20.5. The molecule has 3 heterocycles. The Morgan fingerprint density at radius 2 is 1.77 bits per heavy atom. The van der Waals surface area contributed by atoms with E-state index >= 15 is 0 Å². The summed E-state index contributed by atoms with van der Waals surface area (Å²) in [4.78, 5) is 65.1. The summed E-state index contributed by atoms with van der Waals surface area (Å²) in [6.45, 7) is 1.74. The maximum absolute atomic E-state index is 13.1. The number of carbonyl (C=O) groups excluding carboxylic acids is 2. The minimum Gasteiger partial charge on any atom is -0.478 e. The van der Waals surface area contributed by atoms with Crippen molar-refractivity contribution in [2.45, 2.75) is 19.5 Å². The van der Waals surface area contributed by atoms with Crippen LogP contribution in [0.1, 0.15) is 55.4 Å². The van der Waals surface area contributed by atoms with Crippen LogP contribution >= 0.6 is 0 Å². The molecule has 14 heteroatoms. The van der Waals surface area contributed by atoms with Gasteiger partial charge in [0, 0.05) is 13.6 Å². The average Bonchev–Trinajstić information content (AvgIpc) is 3.44. The summed E-state index contributed by atoms with van der Waals surface area (Å²) in [6.07, 6.45) is 0. The van der Waals surface area contributed by atoms with Crippen LogP contribution in [-0.4, -0.2) is 42.0 Å². The first-order valence-electron chi connectivity index (χ1n) is 11.5. The van der Waals surface area contributed by atoms with E-state index in [0.717, 1.165) is 10.5 Å². The van der Waals surface area contributed by atoms with Crippen molar-refractivity contribution in [3.05, 3.63) is 97.7 Å². The number of carboxylic acid groups (broad SMARTS) is 1. The number of nitrogens with one attached hydrogen (secondary N) is 2. The molecule has 0 spiro atoms. The van der Waals surface area contributed by atoms with Crippen LogP contribution in [0.4, 0.5) is 0 Å². The van der Waals surface area contributed by atoms with Gasteiger partial charge in [-0.1, -0.05) is 18.2 Å². The molecular formula is C25H20N6O8. The molecule has 0 saturated carbocycles. The van der Waals surface area contributed by atoms with Crippen LogP contribution in [0, 0.1) is 0 Å². The van der Waals surface area contributed by atoms with Gasteiger partial charge in [0.25, 0.3) is 17.6 Å². The number of benzene rings is 2. The van der Waals surface area contributed by atoms with Gasteiger partial charge in [0.15, 0.2) is 5.58 Å². The molecule has 0 aliphatic rings. The van der Waals surface area contributed by atoms with Gasteiger partial charge in [0.05, 0.1) is 17.1 Å². The Balaban J connectivity index is 1.38. The van der Waals surface area contributed by atoms with Gasteiger partial charge >= 0.3 is 17.5 Å². The summed E-state index contributed by atoms with van der Waals surface area (Å²) < 4.78 is 11.9. The number of oxazole rings is 1. The number of amides is 2. The highest BCUT2D eigenvalue weighted by Crippen LogP contribution is 2.16. The van der Waals surface area contributed by atoms with E-state index in [1.54, 1.807) is 44.3 Å². The van der Waals surface area contributed by atoms with Crippen LogP contribution in [0.5, 0.6) is 0 Å². The van der Waals surface area contributed by atoms with Crippen LogP contribution in [0.2, 0.25) is 0 Å². The molecule has 5 rings (SSSR count). The highest BCUT2D eigenvalue weighted by molar-refractivity contribution is 5.98. The molecule has 3 aromatic heterocycles. The first kappa shape index (κ1) is 25.1. The zero-order chi connectivity index (χ0) is 27.8. The number of nitrogens with zero attached hydrogens (tertiary/aromatic N) is 4. The van der Waals surface area contributed by atoms with Crippen molar-refractivity contribution in [2.75, 3.05) is 0 Å². The molecule has 3 N–H and O–H groups in total. The second-order valence-electron chi connectivity index (χ2n) is 8.64. The van der Waals surface area contributed by atoms with Crippen LogP contribution < -0.4 is 22.1 Å². The monoisotopic (exact) mass is 532 g/mol. The maximum Gasteiger partial charge on any atom is 0.448 e. The zero-order valence-electron chi connectivity index (χ0n) is 20.5. The SMILES string of the molecule is C[C@H](NC(=O)c1cc(C(=O)NCc2ccc3oc(=O)n(C)c3c2)nc2noc(=O)n12)c1ccc(C(=O)O)cc1. The van der Waals surface area contributed by atoms with Gasteiger partial charge in [-0.15, -0.1) is 0 Å². The van der Waals surface area contributed by atoms with E-state index in [1.807, 2.05) is 0 Å². The van der Waals surface area contributed by atoms with Gasteiger partial charge in [0.1, 0.15) is 11.4 Å². The molecule has 0 aliphatic carbocycles. The smallest absolute Gasteiger partial charge is 0.448 e. The fourth-order valence-electron chi connectivity index (χ4n) is 3.96. The Morgan fingerprint density at radius 3 is 2.49 bits per heavy atom. The fraction of sp³-hybridized carbons (Fsp3) is 0.160. The first-order chi connectivity index (χ1) is 18.6. The Bertz CT molecular complexity index is 1880. The number of hydrogen-bond donors (Lipinski definition) is 3. The third kappa shape index (κ3) is 4.77. The molecule has 0 aliphatic heterocycles. The molecule has 1 atom stereocenters. The molecule has 0 unspecified atom stereocenters. The maximum atomic E-state index is 13.1. The van der Waals surface area contributed by atoms with Crippen LogP contribution in [0.3, 0.4) is 0 Å². The number of carbonyl (C=O) groups is 3. The Hall–Kier alpha value is -5.53. The molecule has 0 saturated heterocycles. The van der Waals surface area contributed by atoms with Gasteiger partial charge in [-0.25, -0.2) is 23.8 Å². The van der Waals surface area contributed by atoms with Crippen molar-refractivity contribution in [1.82, 2.24) is 29.7 Å². The molecule has 198 valence electrons. The molecular weight excluding hydrogens is 512 g/mol. The van der Waals surface area contributed by atoms with Crippen LogP contribution in [0.25, 0.3) is 16.9 Å². The molecule has 2 aromatic carbocycles. The van der Waals surface area contributed by atoms with E-state index < -0.39 is 35.3 Å². The van der Waals surface area contributed by atoms with E-state index in [9.17, 15) is 24.0 Å². The van der Waals surface area contributed by atoms with E-state index in [0.29, 0.717) is 22.2 Å². The van der Waals surface area contributed by atoms with Crippen LogP contribution in [-0.2, 0) is 13.6 Å². The summed E-state index contributed by atoms with van der Waals surface area (Å²) in [5, 5.41) is 18.0. The van der Waals surface area contributed by atoms with Gasteiger partial charge in [-0.2, -0.15) is 0 Å². The predicted molar refractivity (Wildman–Crippen MR) is 133 cm³/mol. The highest BCUT2D eigenvalue weighted by Gasteiger charge is 2.22. The molecule has 5 aromatic rings. The summed E-state index contributed by atoms with van der Waals surface area (Å²) in [5.41, 5.74) is 1.91. The van der Waals surface area contributed by atoms with Gasteiger partial charge in [-0.3, -0.25) is 18.7 Å². The number of aryl methyl sites for hydroxylation is 1. The molecule has 0 fully saturated rings. The van der Waals surface area contributed by atoms with Crippen LogP contribution in [0.15, 0.2) is 67.1 Å².